The van der Waals surface area contributed by atoms with Gasteiger partial charge in [0.25, 0.3) is 5.91 Å². The van der Waals surface area contributed by atoms with Gasteiger partial charge in [-0.3, -0.25) is 9.69 Å². The van der Waals surface area contributed by atoms with Gasteiger partial charge in [-0.25, -0.2) is 4.98 Å². The van der Waals surface area contributed by atoms with Crippen LogP contribution >= 0.6 is 24.0 Å². The summed E-state index contributed by atoms with van der Waals surface area (Å²) in [4.78, 5) is 23.1. The van der Waals surface area contributed by atoms with E-state index in [1.807, 2.05) is 6.08 Å². The first-order valence-electron chi connectivity index (χ1n) is 12.8. The smallest absolute Gasteiger partial charge is 0.266 e. The molecule has 3 aromatic rings. The first-order chi connectivity index (χ1) is 17.4. The van der Waals surface area contributed by atoms with Crippen LogP contribution in [0.5, 0.6) is 0 Å². The summed E-state index contributed by atoms with van der Waals surface area (Å²) < 4.78 is 0.646. The average Bonchev–Trinajstić information content (AvgIpc) is 3.12. The molecule has 1 amide bonds. The van der Waals surface area contributed by atoms with Gasteiger partial charge in [-0.15, -0.1) is 0 Å². The number of carbonyl (C=O) groups excluding carboxylic acids is 1. The zero-order valence-electron chi connectivity index (χ0n) is 21.2. The molecule has 0 spiro atoms. The van der Waals surface area contributed by atoms with E-state index in [2.05, 4.69) is 80.3 Å². The molecule has 0 atom stereocenters. The summed E-state index contributed by atoms with van der Waals surface area (Å²) in [6.45, 7) is 8.91. The van der Waals surface area contributed by atoms with Crippen LogP contribution in [0, 0.1) is 18.8 Å². The molecule has 2 aliphatic heterocycles. The second-order valence-corrected chi connectivity index (χ2v) is 12.1. The van der Waals surface area contributed by atoms with Crippen molar-refractivity contribution in [3.05, 3.63) is 76.2 Å². The van der Waals surface area contributed by atoms with Crippen molar-refractivity contribution < 1.29 is 4.79 Å². The van der Waals surface area contributed by atoms with Crippen molar-refractivity contribution in [1.29, 1.82) is 0 Å². The molecule has 3 heterocycles. The third-order valence-corrected chi connectivity index (χ3v) is 8.35. The van der Waals surface area contributed by atoms with Crippen LogP contribution < -0.4 is 4.90 Å². The number of thiocarbonyl (C=S) groups is 1. The second-order valence-electron chi connectivity index (χ2n) is 10.4. The average molecular weight is 516 g/mol. The Kier molecular flexibility index (Phi) is 7.44. The summed E-state index contributed by atoms with van der Waals surface area (Å²) in [5, 5.41) is 1.10. The fraction of sp³-hybridized carbons (Fsp3) is 0.367. The van der Waals surface area contributed by atoms with Crippen LogP contribution in [0.4, 0.5) is 5.82 Å². The van der Waals surface area contributed by atoms with Gasteiger partial charge in [-0.1, -0.05) is 79.8 Å². The number of pyridine rings is 1. The first-order valence-corrected chi connectivity index (χ1v) is 14.1. The Labute approximate surface area is 223 Å². The van der Waals surface area contributed by atoms with Crippen molar-refractivity contribution in [2.75, 3.05) is 24.5 Å². The Hall–Kier alpha value is -2.70. The Balaban J connectivity index is 1.43. The lowest BCUT2D eigenvalue weighted by molar-refractivity contribution is -0.122. The van der Waals surface area contributed by atoms with Gasteiger partial charge in [-0.2, -0.15) is 0 Å². The van der Waals surface area contributed by atoms with E-state index in [1.165, 1.54) is 22.9 Å². The number of nitrogens with zero attached hydrogens (tertiary/aromatic N) is 3. The Morgan fingerprint density at radius 1 is 1.11 bits per heavy atom. The lowest BCUT2D eigenvalue weighted by Gasteiger charge is -2.34. The molecule has 0 N–H and O–H groups in total. The van der Waals surface area contributed by atoms with E-state index in [1.54, 1.807) is 4.90 Å². The number of amides is 1. The van der Waals surface area contributed by atoms with Gasteiger partial charge < -0.3 is 4.90 Å². The molecule has 5 rings (SSSR count). The van der Waals surface area contributed by atoms with Crippen LogP contribution in [0.3, 0.4) is 0 Å². The minimum atomic E-state index is 0.00978. The summed E-state index contributed by atoms with van der Waals surface area (Å²) in [5.74, 6) is 2.03. The van der Waals surface area contributed by atoms with Gasteiger partial charge in [0.05, 0.1) is 10.4 Å². The summed E-state index contributed by atoms with van der Waals surface area (Å²) in [5.41, 5.74) is 4.61. The number of aromatic nitrogens is 1. The zero-order chi connectivity index (χ0) is 25.2. The topological polar surface area (TPSA) is 36.4 Å². The van der Waals surface area contributed by atoms with E-state index in [4.69, 9.17) is 17.2 Å². The fourth-order valence-electron chi connectivity index (χ4n) is 5.12. The molecule has 0 bridgehead atoms. The lowest BCUT2D eigenvalue weighted by Crippen LogP contribution is -2.35. The van der Waals surface area contributed by atoms with Crippen molar-refractivity contribution in [3.63, 3.8) is 0 Å². The Morgan fingerprint density at radius 2 is 1.86 bits per heavy atom. The minimum Gasteiger partial charge on any atom is -0.356 e. The van der Waals surface area contributed by atoms with Crippen molar-refractivity contribution in [2.24, 2.45) is 11.8 Å². The quantitative estimate of drug-likeness (QED) is 0.265. The number of fused-ring (bicyclic) bond motifs is 1. The van der Waals surface area contributed by atoms with Crippen LogP contribution in [-0.2, 0) is 11.2 Å². The molecule has 186 valence electrons. The highest BCUT2D eigenvalue weighted by molar-refractivity contribution is 8.26. The molecule has 4 nitrogen and oxygen atoms in total. The SMILES string of the molecule is Cc1ccc2nc(N3CCC(Cc4ccccc4)CC3)c(/C=C3\SC(=S)N(CC(C)C)C3=O)cc2c1. The third-order valence-electron chi connectivity index (χ3n) is 6.97. The third kappa shape index (κ3) is 5.50. The van der Waals surface area contributed by atoms with E-state index in [0.29, 0.717) is 27.6 Å². The summed E-state index contributed by atoms with van der Waals surface area (Å²) in [6, 6.07) is 19.4. The molecule has 0 unspecified atom stereocenters. The Morgan fingerprint density at radius 3 is 2.58 bits per heavy atom. The lowest BCUT2D eigenvalue weighted by atomic mass is 9.90. The van der Waals surface area contributed by atoms with Gasteiger partial charge in [0.1, 0.15) is 10.1 Å². The number of thioether (sulfide) groups is 1. The van der Waals surface area contributed by atoms with Crippen LogP contribution in [0.15, 0.2) is 59.5 Å². The van der Waals surface area contributed by atoms with Gasteiger partial charge in [0.2, 0.25) is 0 Å². The van der Waals surface area contributed by atoms with E-state index in [-0.39, 0.29) is 5.91 Å². The van der Waals surface area contributed by atoms with Crippen molar-refractivity contribution in [3.8, 4) is 0 Å². The molecule has 2 aliphatic rings. The maximum atomic E-state index is 13.2. The summed E-state index contributed by atoms with van der Waals surface area (Å²) in [6.07, 6.45) is 5.42. The van der Waals surface area contributed by atoms with E-state index >= 15 is 0 Å². The molecule has 1 aromatic heterocycles. The van der Waals surface area contributed by atoms with Crippen LogP contribution in [-0.4, -0.2) is 39.7 Å². The second kappa shape index (κ2) is 10.7. The molecule has 2 saturated heterocycles. The predicted octanol–water partition coefficient (Wildman–Crippen LogP) is 6.86. The minimum absolute atomic E-state index is 0.00978. The highest BCUT2D eigenvalue weighted by Gasteiger charge is 2.33. The Bertz CT molecular complexity index is 1310. The number of rotatable bonds is 6. The van der Waals surface area contributed by atoms with E-state index in [0.717, 1.165) is 54.6 Å². The first kappa shape index (κ1) is 25.0. The fourth-order valence-corrected chi connectivity index (χ4v) is 6.39. The van der Waals surface area contributed by atoms with Gasteiger partial charge in [0, 0.05) is 30.6 Å². The number of hydrogen-bond acceptors (Lipinski definition) is 5. The largest absolute Gasteiger partial charge is 0.356 e. The maximum Gasteiger partial charge on any atom is 0.266 e. The molecule has 2 aromatic carbocycles. The normalized spacial score (nSPS) is 18.3. The number of piperidine rings is 1. The van der Waals surface area contributed by atoms with Crippen LogP contribution in [0.25, 0.3) is 17.0 Å². The van der Waals surface area contributed by atoms with Gasteiger partial charge in [-0.05, 0) is 67.9 Å². The van der Waals surface area contributed by atoms with Crippen LogP contribution in [0.2, 0.25) is 0 Å². The van der Waals surface area contributed by atoms with Gasteiger partial charge in [0.15, 0.2) is 0 Å². The van der Waals surface area contributed by atoms with E-state index < -0.39 is 0 Å². The summed E-state index contributed by atoms with van der Waals surface area (Å²) >= 11 is 6.96. The van der Waals surface area contributed by atoms with Gasteiger partial charge >= 0.3 is 0 Å². The highest BCUT2D eigenvalue weighted by Crippen LogP contribution is 2.36. The van der Waals surface area contributed by atoms with Crippen molar-refractivity contribution >= 4 is 57.0 Å². The number of hydrogen-bond donors (Lipinski definition) is 0. The number of benzene rings is 2. The molecule has 2 fully saturated rings. The monoisotopic (exact) mass is 515 g/mol. The molecule has 36 heavy (non-hydrogen) atoms. The number of anilines is 1. The van der Waals surface area contributed by atoms with Crippen LogP contribution in [0.1, 0.15) is 43.4 Å². The molecular formula is C30H33N3OS2. The number of carbonyl (C=O) groups is 1. The molecule has 0 aliphatic carbocycles. The van der Waals surface area contributed by atoms with E-state index in [9.17, 15) is 4.79 Å². The molecule has 0 saturated carbocycles. The standard InChI is InChI=1S/C30H33N3OS2/c1-20(2)19-33-29(34)27(36-30(33)35)18-25-17-24-15-21(3)9-10-26(24)31-28(25)32-13-11-23(12-14-32)16-22-7-5-4-6-8-22/h4-10,15,17-18,20,23H,11-14,16,19H2,1-3H3/b27-18-. The molecular weight excluding hydrogens is 482 g/mol. The molecule has 6 heteroatoms. The van der Waals surface area contributed by atoms with Crippen molar-refractivity contribution in [2.45, 2.75) is 40.0 Å². The molecule has 0 radical (unpaired) electrons. The summed E-state index contributed by atoms with van der Waals surface area (Å²) in [7, 11) is 0. The maximum absolute atomic E-state index is 13.2. The number of aryl methyl sites for hydroxylation is 1. The van der Waals surface area contributed by atoms with Crippen molar-refractivity contribution in [1.82, 2.24) is 9.88 Å². The highest BCUT2D eigenvalue weighted by atomic mass is 32.2. The predicted molar refractivity (Wildman–Crippen MR) is 156 cm³/mol. The zero-order valence-corrected chi connectivity index (χ0v) is 22.9.